The zero-order chi connectivity index (χ0) is 8.27. The molecule has 0 fully saturated rings. The number of allylic oxidation sites excluding steroid dienone is 2. The fourth-order valence-electron chi connectivity index (χ4n) is 0.831. The van der Waals surface area contributed by atoms with Crippen LogP contribution in [0.15, 0.2) is 30.3 Å². The lowest BCUT2D eigenvalue weighted by Crippen LogP contribution is -1.76. The van der Waals surface area contributed by atoms with Crippen molar-refractivity contribution in [2.75, 3.05) is 0 Å². The Balaban J connectivity index is 2.99. The highest BCUT2D eigenvalue weighted by Gasteiger charge is 1.92. The molecule has 0 aliphatic heterocycles. The maximum Gasteiger partial charge on any atom is 0.0406 e. The van der Waals surface area contributed by atoms with E-state index in [1.165, 1.54) is 11.1 Å². The molecule has 0 aliphatic carbocycles. The van der Waals surface area contributed by atoms with Crippen molar-refractivity contribution in [3.63, 3.8) is 0 Å². The summed E-state index contributed by atoms with van der Waals surface area (Å²) in [6, 6.07) is 7.73. The van der Waals surface area contributed by atoms with Gasteiger partial charge in [-0.05, 0) is 37.1 Å². The van der Waals surface area contributed by atoms with Gasteiger partial charge in [0.2, 0.25) is 0 Å². The Kier molecular flexibility index (Phi) is 2.72. The summed E-state index contributed by atoms with van der Waals surface area (Å²) in [7, 11) is 0. The third kappa shape index (κ3) is 2.09. The minimum Gasteiger partial charge on any atom is -0.0843 e. The van der Waals surface area contributed by atoms with Crippen LogP contribution in [0.3, 0.4) is 0 Å². The fourth-order valence-corrected chi connectivity index (χ4v) is 0.957. The van der Waals surface area contributed by atoms with Crippen molar-refractivity contribution < 1.29 is 0 Å². The number of halogens is 1. The zero-order valence-corrected chi connectivity index (χ0v) is 7.23. The molecule has 1 aromatic carbocycles. The molecule has 0 atom stereocenters. The molecule has 0 aromatic heterocycles. The molecular weight excluding hydrogens is 156 g/mol. The number of benzene rings is 1. The van der Waals surface area contributed by atoms with Gasteiger partial charge in [0.15, 0.2) is 0 Å². The van der Waals surface area contributed by atoms with Crippen molar-refractivity contribution in [1.29, 1.82) is 0 Å². The summed E-state index contributed by atoms with van der Waals surface area (Å²) in [5.74, 6) is 0. The summed E-state index contributed by atoms with van der Waals surface area (Å²) in [6.45, 7) is 5.71. The van der Waals surface area contributed by atoms with Crippen molar-refractivity contribution in [3.8, 4) is 0 Å². The molecule has 0 unspecified atom stereocenters. The standard InChI is InChI=1S/C10H10Cl/c1-3-8(2)9-4-6-10(11)7-5-9/h3-7H,1H2,2H3/b8-3-. The third-order valence-corrected chi connectivity index (χ3v) is 1.86. The Morgan fingerprint density at radius 2 is 1.91 bits per heavy atom. The molecule has 0 nitrogen and oxygen atoms in total. The van der Waals surface area contributed by atoms with Gasteiger partial charge in [0.05, 0.1) is 0 Å². The molecule has 1 aromatic rings. The van der Waals surface area contributed by atoms with E-state index in [0.29, 0.717) is 0 Å². The van der Waals surface area contributed by atoms with Gasteiger partial charge in [-0.25, -0.2) is 0 Å². The lowest BCUT2D eigenvalue weighted by molar-refractivity contribution is 1.57. The van der Waals surface area contributed by atoms with Crippen molar-refractivity contribution in [2.45, 2.75) is 6.92 Å². The van der Waals surface area contributed by atoms with Gasteiger partial charge in [-0.15, -0.1) is 0 Å². The second kappa shape index (κ2) is 3.59. The zero-order valence-electron chi connectivity index (χ0n) is 6.47. The van der Waals surface area contributed by atoms with Crippen LogP contribution in [0.2, 0.25) is 5.02 Å². The molecule has 1 rings (SSSR count). The molecule has 11 heavy (non-hydrogen) atoms. The van der Waals surface area contributed by atoms with Gasteiger partial charge in [0.1, 0.15) is 0 Å². The van der Waals surface area contributed by atoms with Crippen LogP contribution in [-0.4, -0.2) is 0 Å². The van der Waals surface area contributed by atoms with E-state index in [2.05, 4.69) is 6.92 Å². The lowest BCUT2D eigenvalue weighted by Gasteiger charge is -1.98. The maximum atomic E-state index is 5.72. The lowest BCUT2D eigenvalue weighted by atomic mass is 10.1. The molecular formula is C10H10Cl. The highest BCUT2D eigenvalue weighted by molar-refractivity contribution is 6.30. The van der Waals surface area contributed by atoms with Crippen molar-refractivity contribution in [2.24, 2.45) is 0 Å². The summed E-state index contributed by atoms with van der Waals surface area (Å²) in [5, 5.41) is 0.769. The smallest absolute Gasteiger partial charge is 0.0406 e. The highest BCUT2D eigenvalue weighted by Crippen LogP contribution is 2.16. The summed E-state index contributed by atoms with van der Waals surface area (Å²) in [5.41, 5.74) is 2.34. The number of hydrogen-bond donors (Lipinski definition) is 0. The molecule has 0 saturated heterocycles. The molecule has 1 radical (unpaired) electrons. The molecule has 0 heterocycles. The second-order valence-electron chi connectivity index (χ2n) is 2.39. The Hall–Kier alpha value is -0.750. The molecule has 57 valence electrons. The van der Waals surface area contributed by atoms with Gasteiger partial charge in [0.25, 0.3) is 0 Å². The number of rotatable bonds is 1. The van der Waals surface area contributed by atoms with Crippen LogP contribution in [0.25, 0.3) is 5.57 Å². The van der Waals surface area contributed by atoms with E-state index in [4.69, 9.17) is 11.6 Å². The van der Waals surface area contributed by atoms with E-state index in [1.807, 2.05) is 37.3 Å². The van der Waals surface area contributed by atoms with Crippen LogP contribution >= 0.6 is 11.6 Å². The van der Waals surface area contributed by atoms with E-state index in [-0.39, 0.29) is 0 Å². The van der Waals surface area contributed by atoms with E-state index >= 15 is 0 Å². The Labute approximate surface area is 72.5 Å². The van der Waals surface area contributed by atoms with E-state index in [9.17, 15) is 0 Å². The Morgan fingerprint density at radius 1 is 1.36 bits per heavy atom. The summed E-state index contributed by atoms with van der Waals surface area (Å²) < 4.78 is 0. The summed E-state index contributed by atoms with van der Waals surface area (Å²) in [4.78, 5) is 0. The predicted octanol–water partition coefficient (Wildman–Crippen LogP) is 3.58. The van der Waals surface area contributed by atoms with Crippen LogP contribution in [0.1, 0.15) is 12.5 Å². The van der Waals surface area contributed by atoms with Crippen molar-refractivity contribution in [1.82, 2.24) is 0 Å². The first-order valence-corrected chi connectivity index (χ1v) is 3.84. The van der Waals surface area contributed by atoms with E-state index in [0.717, 1.165) is 5.02 Å². The molecule has 0 saturated carbocycles. The van der Waals surface area contributed by atoms with Crippen molar-refractivity contribution >= 4 is 17.2 Å². The molecule has 0 spiro atoms. The second-order valence-corrected chi connectivity index (χ2v) is 2.83. The molecule has 0 N–H and O–H groups in total. The average Bonchev–Trinajstić information content (AvgIpc) is 2.05. The maximum absolute atomic E-state index is 5.72. The fraction of sp³-hybridized carbons (Fsp3) is 0.100. The predicted molar refractivity (Wildman–Crippen MR) is 50.5 cm³/mol. The third-order valence-electron chi connectivity index (χ3n) is 1.61. The number of hydrogen-bond acceptors (Lipinski definition) is 0. The van der Waals surface area contributed by atoms with Gasteiger partial charge in [0, 0.05) is 5.02 Å². The Bertz CT molecular complexity index is 257. The first kappa shape index (κ1) is 8.35. The minimum atomic E-state index is 0.769. The van der Waals surface area contributed by atoms with Gasteiger partial charge in [-0.2, -0.15) is 0 Å². The molecule has 0 bridgehead atoms. The topological polar surface area (TPSA) is 0 Å². The van der Waals surface area contributed by atoms with Crippen molar-refractivity contribution in [3.05, 3.63) is 47.9 Å². The first-order chi connectivity index (χ1) is 5.24. The monoisotopic (exact) mass is 165 g/mol. The quantitative estimate of drug-likeness (QED) is 0.597. The van der Waals surface area contributed by atoms with Crippen LogP contribution in [0, 0.1) is 6.92 Å². The van der Waals surface area contributed by atoms with Gasteiger partial charge < -0.3 is 0 Å². The molecule has 0 amide bonds. The van der Waals surface area contributed by atoms with E-state index in [1.54, 1.807) is 0 Å². The van der Waals surface area contributed by atoms with E-state index < -0.39 is 0 Å². The van der Waals surface area contributed by atoms with Crippen LogP contribution < -0.4 is 0 Å². The first-order valence-electron chi connectivity index (χ1n) is 3.46. The van der Waals surface area contributed by atoms with Crippen LogP contribution in [0.4, 0.5) is 0 Å². The highest BCUT2D eigenvalue weighted by atomic mass is 35.5. The normalized spacial score (nSPS) is 11.7. The minimum absolute atomic E-state index is 0.769. The van der Waals surface area contributed by atoms with Crippen LogP contribution in [-0.2, 0) is 0 Å². The van der Waals surface area contributed by atoms with Gasteiger partial charge in [-0.3, -0.25) is 0 Å². The average molecular weight is 166 g/mol. The van der Waals surface area contributed by atoms with Gasteiger partial charge in [-0.1, -0.05) is 29.8 Å². The summed E-state index contributed by atoms with van der Waals surface area (Å²) in [6.07, 6.45) is 1.84. The molecule has 0 aliphatic rings. The molecule has 1 heteroatoms. The SMILES string of the molecule is [CH2]/C=C(/C)c1ccc(Cl)cc1. The summed E-state index contributed by atoms with van der Waals surface area (Å²) >= 11 is 5.72. The van der Waals surface area contributed by atoms with Crippen LogP contribution in [0.5, 0.6) is 0 Å². The largest absolute Gasteiger partial charge is 0.0843 e. The Morgan fingerprint density at radius 3 is 2.36 bits per heavy atom. The van der Waals surface area contributed by atoms with Gasteiger partial charge >= 0.3 is 0 Å².